The summed E-state index contributed by atoms with van der Waals surface area (Å²) in [4.78, 5) is 10.6. The molecule has 2 nitrogen and oxygen atoms in total. The van der Waals surface area contributed by atoms with Crippen molar-refractivity contribution in [3.8, 4) is 0 Å². The summed E-state index contributed by atoms with van der Waals surface area (Å²) in [5, 5.41) is 8.68. The molecule has 1 N–H and O–H groups in total. The van der Waals surface area contributed by atoms with E-state index in [-0.39, 0.29) is 0 Å². The van der Waals surface area contributed by atoms with E-state index in [1.54, 1.807) is 0 Å². The predicted octanol–water partition coefficient (Wildman–Crippen LogP) is 3.57. The van der Waals surface area contributed by atoms with Gasteiger partial charge in [0.2, 0.25) is 0 Å². The van der Waals surface area contributed by atoms with Crippen molar-refractivity contribution in [2.24, 2.45) is 17.8 Å². The summed E-state index contributed by atoms with van der Waals surface area (Å²) in [5.74, 6) is 0.654. The number of carboxylic acids is 1. The van der Waals surface area contributed by atoms with Gasteiger partial charge in [0.15, 0.2) is 0 Å². The van der Waals surface area contributed by atoms with E-state index in [1.807, 2.05) is 6.08 Å². The summed E-state index contributed by atoms with van der Waals surface area (Å²) in [6, 6.07) is 0. The lowest BCUT2D eigenvalue weighted by Gasteiger charge is -2.20. The van der Waals surface area contributed by atoms with Crippen molar-refractivity contribution in [2.45, 2.75) is 32.1 Å². The van der Waals surface area contributed by atoms with Crippen molar-refractivity contribution in [3.63, 3.8) is 0 Å². The molecule has 0 unspecified atom stereocenters. The van der Waals surface area contributed by atoms with Gasteiger partial charge in [-0.15, -0.1) is 0 Å². The molecule has 0 aromatic rings. The van der Waals surface area contributed by atoms with Crippen LogP contribution in [0.5, 0.6) is 0 Å². The fourth-order valence-electron chi connectivity index (χ4n) is 3.22. The molecule has 2 heteroatoms. The van der Waals surface area contributed by atoms with Gasteiger partial charge in [0.25, 0.3) is 0 Å². The number of rotatable bonds is 2. The second-order valence-corrected chi connectivity index (χ2v) is 5.30. The van der Waals surface area contributed by atoms with Gasteiger partial charge in [0, 0.05) is 6.08 Å². The Morgan fingerprint density at radius 1 is 1.18 bits per heavy atom. The van der Waals surface area contributed by atoms with E-state index >= 15 is 0 Å². The first-order valence-electron chi connectivity index (χ1n) is 6.34. The van der Waals surface area contributed by atoms with Crippen LogP contribution in [0.3, 0.4) is 0 Å². The highest BCUT2D eigenvalue weighted by Gasteiger charge is 2.35. The molecule has 2 fully saturated rings. The third-order valence-corrected chi connectivity index (χ3v) is 4.21. The van der Waals surface area contributed by atoms with Crippen LogP contribution in [-0.2, 0) is 4.79 Å². The molecule has 0 heterocycles. The minimum Gasteiger partial charge on any atom is -0.478 e. The van der Waals surface area contributed by atoms with E-state index in [4.69, 9.17) is 5.11 Å². The van der Waals surface area contributed by atoms with Crippen LogP contribution in [0.1, 0.15) is 32.1 Å². The lowest BCUT2D eigenvalue weighted by molar-refractivity contribution is -0.131. The molecule has 0 aromatic carbocycles. The lowest BCUT2D eigenvalue weighted by Crippen LogP contribution is -2.10. The standard InChI is InChI=1S/C15H20O2/c1-10-3-5-12(6-8-15(16)17)9-14-11(2)4-7-13(10)14/h6,8,12-14H,1-5,7,9H2,(H,16,17)/b8-6+/t12-,13+,14+/m1/s1. The largest absolute Gasteiger partial charge is 0.478 e. The van der Waals surface area contributed by atoms with Crippen LogP contribution < -0.4 is 0 Å². The Kier molecular flexibility index (Phi) is 3.51. The lowest BCUT2D eigenvalue weighted by atomic mass is 9.85. The van der Waals surface area contributed by atoms with Crippen LogP contribution in [0.15, 0.2) is 36.5 Å². The molecular weight excluding hydrogens is 212 g/mol. The van der Waals surface area contributed by atoms with Crippen molar-refractivity contribution >= 4 is 5.97 Å². The molecule has 0 aliphatic heterocycles. The van der Waals surface area contributed by atoms with Gasteiger partial charge in [0.1, 0.15) is 0 Å². The highest BCUT2D eigenvalue weighted by Crippen LogP contribution is 2.47. The Balaban J connectivity index is 2.11. The van der Waals surface area contributed by atoms with Crippen molar-refractivity contribution in [1.82, 2.24) is 0 Å². The van der Waals surface area contributed by atoms with E-state index in [0.717, 1.165) is 25.7 Å². The Morgan fingerprint density at radius 3 is 2.53 bits per heavy atom. The average Bonchev–Trinajstić information content (AvgIpc) is 2.54. The van der Waals surface area contributed by atoms with Gasteiger partial charge in [-0.05, 0) is 49.9 Å². The fourth-order valence-corrected chi connectivity index (χ4v) is 3.22. The highest BCUT2D eigenvalue weighted by atomic mass is 16.4. The molecule has 92 valence electrons. The quantitative estimate of drug-likeness (QED) is 0.584. The summed E-state index contributed by atoms with van der Waals surface area (Å²) in [6.07, 6.45) is 8.55. The Bertz CT molecular complexity index is 378. The van der Waals surface area contributed by atoms with E-state index in [2.05, 4.69) is 13.2 Å². The van der Waals surface area contributed by atoms with Gasteiger partial charge < -0.3 is 5.11 Å². The van der Waals surface area contributed by atoms with E-state index in [9.17, 15) is 4.79 Å². The van der Waals surface area contributed by atoms with Crippen molar-refractivity contribution < 1.29 is 9.90 Å². The van der Waals surface area contributed by atoms with Gasteiger partial charge in [0.05, 0.1) is 0 Å². The van der Waals surface area contributed by atoms with Gasteiger partial charge in [-0.2, -0.15) is 0 Å². The number of allylic oxidation sites excluding steroid dienone is 3. The molecular formula is C15H20O2. The molecule has 3 atom stereocenters. The Labute approximate surface area is 103 Å². The fraction of sp³-hybridized carbons (Fsp3) is 0.533. The molecule has 0 aromatic heterocycles. The molecule has 2 aliphatic carbocycles. The Morgan fingerprint density at radius 2 is 1.82 bits per heavy atom. The summed E-state index contributed by atoms with van der Waals surface area (Å²) in [5.41, 5.74) is 2.69. The Hall–Kier alpha value is -1.31. The number of fused-ring (bicyclic) bond motifs is 1. The number of carbonyl (C=O) groups is 1. The van der Waals surface area contributed by atoms with Crippen molar-refractivity contribution in [2.75, 3.05) is 0 Å². The minimum atomic E-state index is -0.852. The molecule has 17 heavy (non-hydrogen) atoms. The summed E-state index contributed by atoms with van der Waals surface area (Å²) >= 11 is 0. The maximum atomic E-state index is 10.6. The monoisotopic (exact) mass is 232 g/mol. The molecule has 0 bridgehead atoms. The zero-order chi connectivity index (χ0) is 12.4. The van der Waals surface area contributed by atoms with E-state index in [0.29, 0.717) is 17.8 Å². The number of hydrogen-bond donors (Lipinski definition) is 1. The van der Waals surface area contributed by atoms with Gasteiger partial charge >= 0.3 is 5.97 Å². The van der Waals surface area contributed by atoms with Gasteiger partial charge in [-0.25, -0.2) is 4.79 Å². The third-order valence-electron chi connectivity index (χ3n) is 4.21. The van der Waals surface area contributed by atoms with Crippen LogP contribution >= 0.6 is 0 Å². The maximum Gasteiger partial charge on any atom is 0.327 e. The van der Waals surface area contributed by atoms with Crippen molar-refractivity contribution in [3.05, 3.63) is 36.5 Å². The van der Waals surface area contributed by atoms with Crippen LogP contribution in [0.2, 0.25) is 0 Å². The SMILES string of the molecule is C=C1CC[C@H](/C=C/C(=O)O)C[C@H]2C(=C)CC[C@@H]12. The van der Waals surface area contributed by atoms with E-state index < -0.39 is 5.97 Å². The zero-order valence-corrected chi connectivity index (χ0v) is 10.2. The van der Waals surface area contributed by atoms with Crippen LogP contribution in [-0.4, -0.2) is 11.1 Å². The molecule has 2 rings (SSSR count). The van der Waals surface area contributed by atoms with Crippen LogP contribution in [0.4, 0.5) is 0 Å². The van der Waals surface area contributed by atoms with Gasteiger partial charge in [-0.3, -0.25) is 0 Å². The van der Waals surface area contributed by atoms with Crippen LogP contribution in [0.25, 0.3) is 0 Å². The smallest absolute Gasteiger partial charge is 0.327 e. The van der Waals surface area contributed by atoms with Gasteiger partial charge in [-0.1, -0.05) is 30.4 Å². The minimum absolute atomic E-state index is 0.368. The molecule has 2 saturated carbocycles. The molecule has 0 saturated heterocycles. The summed E-state index contributed by atoms with van der Waals surface area (Å²) in [6.45, 7) is 8.36. The van der Waals surface area contributed by atoms with Crippen molar-refractivity contribution in [1.29, 1.82) is 0 Å². The molecule has 0 amide bonds. The predicted molar refractivity (Wildman–Crippen MR) is 68.6 cm³/mol. The first kappa shape index (κ1) is 12.2. The number of carboxylic acid groups (broad SMARTS) is 1. The maximum absolute atomic E-state index is 10.6. The highest BCUT2D eigenvalue weighted by molar-refractivity contribution is 5.79. The topological polar surface area (TPSA) is 37.3 Å². The zero-order valence-electron chi connectivity index (χ0n) is 10.2. The number of aliphatic carboxylic acids is 1. The second kappa shape index (κ2) is 4.91. The van der Waals surface area contributed by atoms with Crippen LogP contribution in [0, 0.1) is 17.8 Å². The van der Waals surface area contributed by atoms with E-state index in [1.165, 1.54) is 23.6 Å². The summed E-state index contributed by atoms with van der Waals surface area (Å²) < 4.78 is 0. The number of hydrogen-bond acceptors (Lipinski definition) is 1. The first-order chi connectivity index (χ1) is 8.08. The third kappa shape index (κ3) is 2.68. The average molecular weight is 232 g/mol. The molecule has 0 spiro atoms. The first-order valence-corrected chi connectivity index (χ1v) is 6.34. The normalized spacial score (nSPS) is 33.8. The molecule has 2 aliphatic rings. The molecule has 0 radical (unpaired) electrons. The summed E-state index contributed by atoms with van der Waals surface area (Å²) in [7, 11) is 0. The second-order valence-electron chi connectivity index (χ2n) is 5.30.